The minimum atomic E-state index is -4.50. The van der Waals surface area contributed by atoms with E-state index in [0.29, 0.717) is 27.0 Å². The maximum absolute atomic E-state index is 13.9. The van der Waals surface area contributed by atoms with Gasteiger partial charge in [-0.15, -0.1) is 0 Å². The fourth-order valence-electron chi connectivity index (χ4n) is 3.97. The van der Waals surface area contributed by atoms with Crippen LogP contribution < -0.4 is 5.73 Å². The summed E-state index contributed by atoms with van der Waals surface area (Å²) in [6.07, 6.45) is 2.63. The van der Waals surface area contributed by atoms with E-state index in [1.165, 1.54) is 12.3 Å². The molecule has 36 heavy (non-hydrogen) atoms. The molecular formula is C24H19BrF3N7O. The van der Waals surface area contributed by atoms with E-state index in [1.54, 1.807) is 35.5 Å². The number of nitrogens with zero attached hydrogens (tertiary/aromatic N) is 6. The van der Waals surface area contributed by atoms with E-state index in [2.05, 4.69) is 40.8 Å². The van der Waals surface area contributed by atoms with Crippen LogP contribution in [-0.2, 0) is 12.7 Å². The Hall–Kier alpha value is -3.67. The number of nitrogens with two attached hydrogens (primary N) is 1. The summed E-state index contributed by atoms with van der Waals surface area (Å²) >= 11 is 3.34. The Bertz CT molecular complexity index is 1410. The number of nitrogen functional groups attached to an aromatic ring is 1. The molecule has 5 rings (SSSR count). The van der Waals surface area contributed by atoms with E-state index < -0.39 is 17.8 Å². The summed E-state index contributed by atoms with van der Waals surface area (Å²) in [5.41, 5.74) is 5.96. The van der Waals surface area contributed by atoms with Gasteiger partial charge in [0.2, 0.25) is 0 Å². The van der Waals surface area contributed by atoms with E-state index in [9.17, 15) is 18.0 Å². The molecule has 4 aromatic heterocycles. The van der Waals surface area contributed by atoms with Crippen LogP contribution in [0.1, 0.15) is 46.3 Å². The van der Waals surface area contributed by atoms with Crippen LogP contribution in [0.15, 0.2) is 59.6 Å². The summed E-state index contributed by atoms with van der Waals surface area (Å²) in [5.74, 6) is 0.489. The standard InChI is InChI=1S/C24H19BrF3N7O/c25-18-9-14-8-15(10-33-21(14)34-20(18)29)23(36)35(12-17-5-4-16(11-32-17)24(26,27)28)19(13-2-3-13)22-30-6-1-7-31-22/h1,4-11,13,19H,2-3,12H2,(H2,29,33,34). The predicted octanol–water partition coefficient (Wildman–Crippen LogP) is 4.97. The minimum absolute atomic E-state index is 0.0297. The third kappa shape index (κ3) is 4.99. The first-order valence-corrected chi connectivity index (χ1v) is 11.8. The lowest BCUT2D eigenvalue weighted by Gasteiger charge is -2.31. The number of fused-ring (bicyclic) bond motifs is 1. The first kappa shape index (κ1) is 24.0. The van der Waals surface area contributed by atoms with Crippen LogP contribution in [0.3, 0.4) is 0 Å². The fourth-order valence-corrected chi connectivity index (χ4v) is 4.31. The van der Waals surface area contributed by atoms with Crippen molar-refractivity contribution in [1.82, 2.24) is 29.8 Å². The quantitative estimate of drug-likeness (QED) is 0.356. The van der Waals surface area contributed by atoms with E-state index in [0.717, 1.165) is 25.1 Å². The highest BCUT2D eigenvalue weighted by Gasteiger charge is 2.41. The third-order valence-corrected chi connectivity index (χ3v) is 6.53. The van der Waals surface area contributed by atoms with Crippen molar-refractivity contribution in [2.24, 2.45) is 5.92 Å². The number of amides is 1. The van der Waals surface area contributed by atoms with E-state index >= 15 is 0 Å². The molecule has 1 aliphatic rings. The van der Waals surface area contributed by atoms with Crippen molar-refractivity contribution in [3.8, 4) is 0 Å². The lowest BCUT2D eigenvalue weighted by atomic mass is 10.1. The Kier molecular flexibility index (Phi) is 6.29. The number of carbonyl (C=O) groups is 1. The van der Waals surface area contributed by atoms with Gasteiger partial charge in [-0.3, -0.25) is 9.78 Å². The van der Waals surface area contributed by atoms with Crippen molar-refractivity contribution in [1.29, 1.82) is 0 Å². The molecule has 8 nitrogen and oxygen atoms in total. The third-order valence-electron chi connectivity index (χ3n) is 5.90. The molecule has 4 aromatic rings. The van der Waals surface area contributed by atoms with Gasteiger partial charge in [-0.05, 0) is 65.0 Å². The number of carbonyl (C=O) groups excluding carboxylic acids is 1. The molecule has 0 aromatic carbocycles. The second kappa shape index (κ2) is 9.41. The topological polar surface area (TPSA) is 111 Å². The van der Waals surface area contributed by atoms with Gasteiger partial charge in [0.15, 0.2) is 11.5 Å². The molecule has 1 fully saturated rings. The summed E-state index contributed by atoms with van der Waals surface area (Å²) in [5, 5.41) is 0.605. The van der Waals surface area contributed by atoms with Crippen LogP contribution >= 0.6 is 15.9 Å². The summed E-state index contributed by atoms with van der Waals surface area (Å²) in [7, 11) is 0. The number of aromatic nitrogens is 5. The largest absolute Gasteiger partial charge is 0.417 e. The van der Waals surface area contributed by atoms with Gasteiger partial charge in [0, 0.05) is 30.2 Å². The highest BCUT2D eigenvalue weighted by atomic mass is 79.9. The number of rotatable bonds is 6. The molecule has 184 valence electrons. The average molecular weight is 558 g/mol. The molecule has 0 spiro atoms. The number of hydrogen-bond donors (Lipinski definition) is 1. The molecule has 2 N–H and O–H groups in total. The van der Waals surface area contributed by atoms with Crippen LogP contribution in [0, 0.1) is 5.92 Å². The van der Waals surface area contributed by atoms with Gasteiger partial charge in [0.05, 0.1) is 33.9 Å². The van der Waals surface area contributed by atoms with Gasteiger partial charge < -0.3 is 10.6 Å². The second-order valence-electron chi connectivity index (χ2n) is 8.48. The predicted molar refractivity (Wildman–Crippen MR) is 128 cm³/mol. The van der Waals surface area contributed by atoms with Crippen LogP contribution in [-0.4, -0.2) is 35.7 Å². The number of anilines is 1. The Labute approximate surface area is 211 Å². The number of pyridine rings is 3. The minimum Gasteiger partial charge on any atom is -0.383 e. The Balaban J connectivity index is 1.55. The van der Waals surface area contributed by atoms with E-state index in [4.69, 9.17) is 5.73 Å². The molecule has 0 saturated heterocycles. The van der Waals surface area contributed by atoms with Crippen molar-refractivity contribution in [3.63, 3.8) is 0 Å². The fraction of sp³-hybridized carbons (Fsp3) is 0.250. The smallest absolute Gasteiger partial charge is 0.383 e. The van der Waals surface area contributed by atoms with Crippen LogP contribution in [0.25, 0.3) is 11.0 Å². The molecule has 1 saturated carbocycles. The number of halogens is 4. The van der Waals surface area contributed by atoms with E-state index in [-0.39, 0.29) is 29.8 Å². The molecular weight excluding hydrogens is 539 g/mol. The molecule has 1 amide bonds. The molecule has 1 unspecified atom stereocenters. The van der Waals surface area contributed by atoms with Gasteiger partial charge in [-0.1, -0.05) is 0 Å². The highest BCUT2D eigenvalue weighted by Crippen LogP contribution is 2.44. The molecule has 0 bridgehead atoms. The zero-order valence-electron chi connectivity index (χ0n) is 18.7. The zero-order chi connectivity index (χ0) is 25.4. The van der Waals surface area contributed by atoms with Crippen LogP contribution in [0.4, 0.5) is 19.0 Å². The Morgan fingerprint density at radius 3 is 2.50 bits per heavy atom. The maximum atomic E-state index is 13.9. The summed E-state index contributed by atoms with van der Waals surface area (Å²) in [6, 6.07) is 6.82. The van der Waals surface area contributed by atoms with Gasteiger partial charge in [0.25, 0.3) is 5.91 Å². The monoisotopic (exact) mass is 557 g/mol. The maximum Gasteiger partial charge on any atom is 0.417 e. The lowest BCUT2D eigenvalue weighted by Crippen LogP contribution is -2.37. The SMILES string of the molecule is Nc1nc2ncc(C(=O)N(Cc3ccc(C(F)(F)F)cn3)C(c3ncccn3)C3CC3)cc2cc1Br. The zero-order valence-corrected chi connectivity index (χ0v) is 20.2. The van der Waals surface area contributed by atoms with Gasteiger partial charge in [-0.25, -0.2) is 19.9 Å². The van der Waals surface area contributed by atoms with Crippen LogP contribution in [0.2, 0.25) is 0 Å². The second-order valence-corrected chi connectivity index (χ2v) is 9.34. The Morgan fingerprint density at radius 1 is 1.11 bits per heavy atom. The first-order chi connectivity index (χ1) is 17.2. The Morgan fingerprint density at radius 2 is 1.86 bits per heavy atom. The van der Waals surface area contributed by atoms with Crippen molar-refractivity contribution < 1.29 is 18.0 Å². The number of hydrogen-bond acceptors (Lipinski definition) is 7. The van der Waals surface area contributed by atoms with Crippen molar-refractivity contribution >= 4 is 38.7 Å². The van der Waals surface area contributed by atoms with Gasteiger partial charge in [0.1, 0.15) is 5.82 Å². The highest BCUT2D eigenvalue weighted by molar-refractivity contribution is 9.10. The lowest BCUT2D eigenvalue weighted by molar-refractivity contribution is -0.137. The summed E-state index contributed by atoms with van der Waals surface area (Å²) in [6.45, 7) is -0.0297. The normalized spacial score (nSPS) is 14.6. The average Bonchev–Trinajstić information content (AvgIpc) is 3.69. The van der Waals surface area contributed by atoms with Crippen molar-refractivity contribution in [2.75, 3.05) is 5.73 Å². The molecule has 12 heteroatoms. The summed E-state index contributed by atoms with van der Waals surface area (Å²) in [4.78, 5) is 36.7. The van der Waals surface area contributed by atoms with Gasteiger partial charge in [-0.2, -0.15) is 13.2 Å². The molecule has 4 heterocycles. The summed E-state index contributed by atoms with van der Waals surface area (Å²) < 4.78 is 39.7. The first-order valence-electron chi connectivity index (χ1n) is 11.0. The molecule has 0 radical (unpaired) electrons. The molecule has 1 atom stereocenters. The van der Waals surface area contributed by atoms with Crippen molar-refractivity contribution in [3.05, 3.63) is 82.2 Å². The molecule has 0 aliphatic heterocycles. The molecule has 1 aliphatic carbocycles. The van der Waals surface area contributed by atoms with Crippen molar-refractivity contribution in [2.45, 2.75) is 31.6 Å². The van der Waals surface area contributed by atoms with E-state index in [1.807, 2.05) is 0 Å². The van der Waals surface area contributed by atoms with Crippen LogP contribution in [0.5, 0.6) is 0 Å². The number of alkyl halides is 3. The van der Waals surface area contributed by atoms with Gasteiger partial charge >= 0.3 is 6.18 Å².